The highest BCUT2D eigenvalue weighted by Gasteiger charge is 2.41. The Hall–Kier alpha value is -1.99. The Kier molecular flexibility index (Phi) is 4.68. The Morgan fingerprint density at radius 2 is 1.93 bits per heavy atom. The van der Waals surface area contributed by atoms with E-state index in [1.54, 1.807) is 12.1 Å². The molecule has 0 aromatic heterocycles. The molecule has 0 heterocycles. The fourth-order valence-corrected chi connectivity index (χ4v) is 5.83. The molecule has 0 amide bonds. The molecule has 0 spiro atoms. The van der Waals surface area contributed by atoms with E-state index in [1.165, 1.54) is 25.7 Å². The lowest BCUT2D eigenvalue weighted by atomic mass is 9.96. The molecule has 0 radical (unpaired) electrons. The predicted octanol–water partition coefficient (Wildman–Crippen LogP) is 4.11. The van der Waals surface area contributed by atoms with Gasteiger partial charge in [-0.15, -0.1) is 0 Å². The molecule has 4 rings (SSSR count). The van der Waals surface area contributed by atoms with E-state index in [2.05, 4.69) is 4.72 Å². The van der Waals surface area contributed by atoms with Crippen LogP contribution < -0.4 is 9.46 Å². The second kappa shape index (κ2) is 6.87. The number of nitrogens with one attached hydrogen (secondary N) is 1. The summed E-state index contributed by atoms with van der Waals surface area (Å²) in [4.78, 5) is 0.0782. The third-order valence-electron chi connectivity index (χ3n) is 5.71. The molecular formula is C20H21F2NO3S. The van der Waals surface area contributed by atoms with Gasteiger partial charge in [0.05, 0.1) is 12.0 Å². The van der Waals surface area contributed by atoms with Gasteiger partial charge in [-0.1, -0.05) is 18.6 Å². The molecule has 0 saturated heterocycles. The van der Waals surface area contributed by atoms with E-state index < -0.39 is 21.7 Å². The number of rotatable bonds is 5. The van der Waals surface area contributed by atoms with E-state index >= 15 is 0 Å². The zero-order valence-corrected chi connectivity index (χ0v) is 15.7. The van der Waals surface area contributed by atoms with E-state index in [-0.39, 0.29) is 22.3 Å². The minimum absolute atomic E-state index is 0.0291. The largest absolute Gasteiger partial charge is 0.493 e. The summed E-state index contributed by atoms with van der Waals surface area (Å²) >= 11 is 0. The maximum atomic E-state index is 14.0. The number of fused-ring (bicyclic) bond motifs is 2. The first-order valence-corrected chi connectivity index (χ1v) is 10.5. The SMILES string of the molecule is COc1c(F)cc(F)cc1-c1cccc(S(=O)(=O)N[C@@H]2C[C@@H]3CC[C@H]2C3)c1. The van der Waals surface area contributed by atoms with Crippen LogP contribution in [0.15, 0.2) is 41.3 Å². The number of sulfonamides is 1. The number of halogens is 2. The van der Waals surface area contributed by atoms with Gasteiger partial charge in [0.1, 0.15) is 5.82 Å². The Labute approximate surface area is 157 Å². The molecule has 1 N–H and O–H groups in total. The fourth-order valence-electron chi connectivity index (χ4n) is 4.47. The highest BCUT2D eigenvalue weighted by atomic mass is 32.2. The molecule has 2 aliphatic carbocycles. The van der Waals surface area contributed by atoms with Crippen LogP contribution in [0.25, 0.3) is 11.1 Å². The number of benzene rings is 2. The number of methoxy groups -OCH3 is 1. The van der Waals surface area contributed by atoms with Crippen LogP contribution in [0.4, 0.5) is 8.78 Å². The summed E-state index contributed by atoms with van der Waals surface area (Å²) in [5.74, 6) is -0.677. The number of ether oxygens (including phenoxy) is 1. The summed E-state index contributed by atoms with van der Waals surface area (Å²) in [5.41, 5.74) is 0.549. The van der Waals surface area contributed by atoms with Crippen molar-refractivity contribution in [3.8, 4) is 16.9 Å². The van der Waals surface area contributed by atoms with Gasteiger partial charge in [-0.25, -0.2) is 21.9 Å². The minimum atomic E-state index is -3.71. The van der Waals surface area contributed by atoms with E-state index in [0.717, 1.165) is 31.4 Å². The lowest BCUT2D eigenvalue weighted by molar-refractivity contribution is 0.386. The molecule has 2 aromatic carbocycles. The standard InChI is InChI=1S/C20H21F2NO3S/c1-26-20-17(10-15(21)11-18(20)22)13-3-2-4-16(9-13)27(24,25)23-19-8-12-5-6-14(19)7-12/h2-4,9-12,14,19,23H,5-8H2,1H3/t12-,14+,19-/m1/s1. The van der Waals surface area contributed by atoms with Crippen molar-refractivity contribution in [2.45, 2.75) is 36.6 Å². The molecular weight excluding hydrogens is 372 g/mol. The van der Waals surface area contributed by atoms with Crippen LogP contribution in [0, 0.1) is 23.5 Å². The summed E-state index contributed by atoms with van der Waals surface area (Å²) in [7, 11) is -2.43. The quantitative estimate of drug-likeness (QED) is 0.832. The van der Waals surface area contributed by atoms with Gasteiger partial charge in [-0.05, 0) is 54.9 Å². The van der Waals surface area contributed by atoms with Crippen LogP contribution >= 0.6 is 0 Å². The van der Waals surface area contributed by atoms with Crippen molar-refractivity contribution in [1.29, 1.82) is 0 Å². The average molecular weight is 393 g/mol. The predicted molar refractivity (Wildman–Crippen MR) is 97.9 cm³/mol. The van der Waals surface area contributed by atoms with Crippen molar-refractivity contribution in [2.24, 2.45) is 11.8 Å². The first-order valence-electron chi connectivity index (χ1n) is 9.03. The maximum absolute atomic E-state index is 14.0. The zero-order valence-electron chi connectivity index (χ0n) is 14.9. The van der Waals surface area contributed by atoms with Gasteiger partial charge in [0.15, 0.2) is 11.6 Å². The molecule has 2 saturated carbocycles. The van der Waals surface area contributed by atoms with Gasteiger partial charge >= 0.3 is 0 Å². The van der Waals surface area contributed by atoms with Crippen LogP contribution in [-0.4, -0.2) is 21.6 Å². The second-order valence-electron chi connectivity index (χ2n) is 7.40. The lowest BCUT2D eigenvalue weighted by Crippen LogP contribution is -2.38. The van der Waals surface area contributed by atoms with E-state index in [1.807, 2.05) is 0 Å². The Balaban J connectivity index is 1.67. The van der Waals surface area contributed by atoms with Crippen molar-refractivity contribution in [3.05, 3.63) is 48.0 Å². The first-order chi connectivity index (χ1) is 12.9. The fraction of sp³-hybridized carbons (Fsp3) is 0.400. The average Bonchev–Trinajstić information content (AvgIpc) is 3.24. The lowest BCUT2D eigenvalue weighted by Gasteiger charge is -2.23. The van der Waals surface area contributed by atoms with Crippen molar-refractivity contribution in [3.63, 3.8) is 0 Å². The molecule has 7 heteroatoms. The number of hydrogen-bond acceptors (Lipinski definition) is 3. The Morgan fingerprint density at radius 3 is 2.59 bits per heavy atom. The van der Waals surface area contributed by atoms with Crippen LogP contribution in [0.3, 0.4) is 0 Å². The van der Waals surface area contributed by atoms with Gasteiger partial charge in [0, 0.05) is 17.7 Å². The maximum Gasteiger partial charge on any atom is 0.240 e. The van der Waals surface area contributed by atoms with Crippen LogP contribution in [0.5, 0.6) is 5.75 Å². The highest BCUT2D eigenvalue weighted by molar-refractivity contribution is 7.89. The molecule has 0 aliphatic heterocycles. The van der Waals surface area contributed by atoms with E-state index in [4.69, 9.17) is 4.74 Å². The van der Waals surface area contributed by atoms with Gasteiger partial charge in [0.25, 0.3) is 0 Å². The molecule has 4 nitrogen and oxygen atoms in total. The zero-order chi connectivity index (χ0) is 19.2. The molecule has 2 bridgehead atoms. The van der Waals surface area contributed by atoms with Gasteiger partial charge in [0.2, 0.25) is 10.0 Å². The van der Waals surface area contributed by atoms with Crippen LogP contribution in [-0.2, 0) is 10.0 Å². The number of hydrogen-bond donors (Lipinski definition) is 1. The van der Waals surface area contributed by atoms with Crippen LogP contribution in [0.2, 0.25) is 0 Å². The third-order valence-corrected chi connectivity index (χ3v) is 7.20. The second-order valence-corrected chi connectivity index (χ2v) is 9.11. The van der Waals surface area contributed by atoms with Crippen molar-refractivity contribution in [1.82, 2.24) is 4.72 Å². The minimum Gasteiger partial charge on any atom is -0.493 e. The Morgan fingerprint density at radius 1 is 1.11 bits per heavy atom. The molecule has 2 fully saturated rings. The van der Waals surface area contributed by atoms with Gasteiger partial charge in [-0.2, -0.15) is 0 Å². The first kappa shape index (κ1) is 18.4. The molecule has 0 unspecified atom stereocenters. The van der Waals surface area contributed by atoms with Gasteiger partial charge in [-0.3, -0.25) is 0 Å². The van der Waals surface area contributed by atoms with Gasteiger partial charge < -0.3 is 4.74 Å². The Bertz CT molecular complexity index is 977. The summed E-state index contributed by atoms with van der Waals surface area (Å²) in [6.07, 6.45) is 4.22. The molecule has 27 heavy (non-hydrogen) atoms. The summed E-state index contributed by atoms with van der Waals surface area (Å²) in [6, 6.07) is 7.92. The third kappa shape index (κ3) is 3.46. The molecule has 144 valence electrons. The smallest absolute Gasteiger partial charge is 0.240 e. The van der Waals surface area contributed by atoms with E-state index in [9.17, 15) is 17.2 Å². The molecule has 3 atom stereocenters. The van der Waals surface area contributed by atoms with E-state index in [0.29, 0.717) is 17.4 Å². The summed E-state index contributed by atoms with van der Waals surface area (Å²) in [5, 5.41) is 0. The molecule has 2 aromatic rings. The topological polar surface area (TPSA) is 55.4 Å². The monoisotopic (exact) mass is 393 g/mol. The normalized spacial score (nSPS) is 24.3. The van der Waals surface area contributed by atoms with Crippen molar-refractivity contribution in [2.75, 3.05) is 7.11 Å². The van der Waals surface area contributed by atoms with Crippen LogP contribution in [0.1, 0.15) is 25.7 Å². The van der Waals surface area contributed by atoms with Crippen molar-refractivity contribution >= 4 is 10.0 Å². The highest BCUT2D eigenvalue weighted by Crippen LogP contribution is 2.45. The molecule has 2 aliphatic rings. The summed E-state index contributed by atoms with van der Waals surface area (Å²) in [6.45, 7) is 0. The van der Waals surface area contributed by atoms with Crippen molar-refractivity contribution < 1.29 is 21.9 Å². The summed E-state index contributed by atoms with van der Waals surface area (Å²) < 4.78 is 61.3.